The molecule has 13 heavy (non-hydrogen) atoms. The van der Waals surface area contributed by atoms with E-state index in [4.69, 9.17) is 5.26 Å². The van der Waals surface area contributed by atoms with Crippen molar-refractivity contribution >= 4 is 0 Å². The topological polar surface area (TPSA) is 27.0 Å². The molecule has 1 saturated carbocycles. The maximum atomic E-state index is 8.67. The van der Waals surface area contributed by atoms with Gasteiger partial charge in [-0.15, -0.1) is 0 Å². The van der Waals surface area contributed by atoms with Crippen molar-refractivity contribution in [3.63, 3.8) is 0 Å². The summed E-state index contributed by atoms with van der Waals surface area (Å²) in [6.45, 7) is 4.10. The zero-order valence-electron chi connectivity index (χ0n) is 8.79. The Hall–Kier alpha value is -0.550. The van der Waals surface area contributed by atoms with E-state index in [1.54, 1.807) is 0 Å². The van der Waals surface area contributed by atoms with Gasteiger partial charge in [0.15, 0.2) is 0 Å². The first kappa shape index (κ1) is 10.5. The van der Waals surface area contributed by atoms with Gasteiger partial charge in [0, 0.05) is 13.1 Å². The van der Waals surface area contributed by atoms with Crippen molar-refractivity contribution in [2.75, 3.05) is 20.1 Å². The highest BCUT2D eigenvalue weighted by Crippen LogP contribution is 2.25. The van der Waals surface area contributed by atoms with Gasteiger partial charge in [0.05, 0.1) is 12.0 Å². The molecule has 0 heterocycles. The van der Waals surface area contributed by atoms with E-state index in [2.05, 4.69) is 18.0 Å². The molecule has 0 spiro atoms. The molecule has 1 aliphatic rings. The fourth-order valence-corrected chi connectivity index (χ4v) is 2.22. The zero-order valence-corrected chi connectivity index (χ0v) is 8.79. The second-order valence-corrected chi connectivity index (χ2v) is 4.40. The van der Waals surface area contributed by atoms with Crippen LogP contribution in [0.1, 0.15) is 32.6 Å². The molecular formula is C11H20N2. The van der Waals surface area contributed by atoms with Gasteiger partial charge < -0.3 is 4.90 Å². The van der Waals surface area contributed by atoms with Gasteiger partial charge in [-0.2, -0.15) is 5.26 Å². The molecule has 0 aromatic carbocycles. The summed E-state index contributed by atoms with van der Waals surface area (Å²) in [5, 5.41) is 8.67. The molecule has 0 amide bonds. The lowest BCUT2D eigenvalue weighted by molar-refractivity contribution is 0.262. The summed E-state index contributed by atoms with van der Waals surface area (Å²) in [5.74, 6) is 1.07. The average Bonchev–Trinajstić information content (AvgIpc) is 2.56. The monoisotopic (exact) mass is 180 g/mol. The summed E-state index contributed by atoms with van der Waals surface area (Å²) in [7, 11) is 2.13. The molecule has 0 aliphatic heterocycles. The molecule has 1 fully saturated rings. The van der Waals surface area contributed by atoms with Gasteiger partial charge in [-0.05, 0) is 32.7 Å². The van der Waals surface area contributed by atoms with E-state index in [1.165, 1.54) is 32.2 Å². The third-order valence-electron chi connectivity index (χ3n) is 2.85. The number of rotatable bonds is 4. The lowest BCUT2D eigenvalue weighted by Gasteiger charge is -2.21. The van der Waals surface area contributed by atoms with Crippen LogP contribution in [0, 0.1) is 23.2 Å². The van der Waals surface area contributed by atoms with E-state index in [1.807, 2.05) is 6.92 Å². The van der Waals surface area contributed by atoms with Gasteiger partial charge in [-0.3, -0.25) is 0 Å². The zero-order chi connectivity index (χ0) is 9.68. The van der Waals surface area contributed by atoms with E-state index in [0.717, 1.165) is 12.5 Å². The standard InChI is InChI=1S/C11H20N2/c1-10(7-12)8-13(2)9-11-5-3-4-6-11/h10-11H,3-6,8-9H2,1-2H3. The summed E-state index contributed by atoms with van der Waals surface area (Å²) in [4.78, 5) is 2.31. The quantitative estimate of drug-likeness (QED) is 0.663. The average molecular weight is 180 g/mol. The summed E-state index contributed by atoms with van der Waals surface area (Å²) < 4.78 is 0. The van der Waals surface area contributed by atoms with Gasteiger partial charge in [-0.25, -0.2) is 0 Å². The van der Waals surface area contributed by atoms with E-state index in [0.29, 0.717) is 0 Å². The Balaban J connectivity index is 2.16. The molecule has 0 aromatic heterocycles. The SMILES string of the molecule is CC(C#N)CN(C)CC1CCCC1. The van der Waals surface area contributed by atoms with Crippen molar-refractivity contribution in [3.8, 4) is 6.07 Å². The molecular weight excluding hydrogens is 160 g/mol. The predicted octanol–water partition coefficient (Wildman–Crippen LogP) is 2.27. The molecule has 1 unspecified atom stereocenters. The van der Waals surface area contributed by atoms with Gasteiger partial charge in [0.2, 0.25) is 0 Å². The van der Waals surface area contributed by atoms with E-state index >= 15 is 0 Å². The number of nitriles is 1. The number of hydrogen-bond donors (Lipinski definition) is 0. The minimum atomic E-state index is 0.173. The normalized spacial score (nSPS) is 20.5. The Labute approximate surface area is 81.5 Å². The lowest BCUT2D eigenvalue weighted by Crippen LogP contribution is -2.28. The van der Waals surface area contributed by atoms with Crippen LogP contribution in [-0.4, -0.2) is 25.0 Å². The van der Waals surface area contributed by atoms with Crippen LogP contribution in [-0.2, 0) is 0 Å². The molecule has 1 aliphatic carbocycles. The number of nitrogens with zero attached hydrogens (tertiary/aromatic N) is 2. The molecule has 2 heteroatoms. The first-order valence-electron chi connectivity index (χ1n) is 5.30. The maximum absolute atomic E-state index is 8.67. The Bertz CT molecular complexity index is 177. The maximum Gasteiger partial charge on any atom is 0.0666 e. The van der Waals surface area contributed by atoms with Crippen molar-refractivity contribution in [1.29, 1.82) is 5.26 Å². The highest BCUT2D eigenvalue weighted by Gasteiger charge is 2.17. The third-order valence-corrected chi connectivity index (χ3v) is 2.85. The second kappa shape index (κ2) is 5.24. The van der Waals surface area contributed by atoms with Crippen molar-refractivity contribution in [3.05, 3.63) is 0 Å². The van der Waals surface area contributed by atoms with E-state index < -0.39 is 0 Å². The van der Waals surface area contributed by atoms with Crippen molar-refractivity contribution < 1.29 is 0 Å². The molecule has 0 aromatic rings. The second-order valence-electron chi connectivity index (χ2n) is 4.40. The van der Waals surface area contributed by atoms with Crippen LogP contribution < -0.4 is 0 Å². The molecule has 0 N–H and O–H groups in total. The van der Waals surface area contributed by atoms with E-state index in [9.17, 15) is 0 Å². The van der Waals surface area contributed by atoms with Crippen LogP contribution in [0.4, 0.5) is 0 Å². The van der Waals surface area contributed by atoms with Gasteiger partial charge in [0.1, 0.15) is 0 Å². The highest BCUT2D eigenvalue weighted by molar-refractivity contribution is 4.81. The Morgan fingerprint density at radius 2 is 2.08 bits per heavy atom. The summed E-state index contributed by atoms with van der Waals surface area (Å²) in [6.07, 6.45) is 5.61. The van der Waals surface area contributed by atoms with Gasteiger partial charge in [0.25, 0.3) is 0 Å². The van der Waals surface area contributed by atoms with Crippen molar-refractivity contribution in [1.82, 2.24) is 4.90 Å². The minimum Gasteiger partial charge on any atom is -0.305 e. The highest BCUT2D eigenvalue weighted by atomic mass is 15.1. The molecule has 2 nitrogen and oxygen atoms in total. The van der Waals surface area contributed by atoms with Crippen molar-refractivity contribution in [2.24, 2.45) is 11.8 Å². The fourth-order valence-electron chi connectivity index (χ4n) is 2.22. The molecule has 1 atom stereocenters. The summed E-state index contributed by atoms with van der Waals surface area (Å²) >= 11 is 0. The molecule has 1 rings (SSSR count). The molecule has 0 saturated heterocycles. The predicted molar refractivity (Wildman–Crippen MR) is 54.2 cm³/mol. The van der Waals surface area contributed by atoms with Crippen LogP contribution in [0.25, 0.3) is 0 Å². The van der Waals surface area contributed by atoms with Crippen LogP contribution in [0.3, 0.4) is 0 Å². The van der Waals surface area contributed by atoms with Crippen molar-refractivity contribution in [2.45, 2.75) is 32.6 Å². The van der Waals surface area contributed by atoms with E-state index in [-0.39, 0.29) is 5.92 Å². The fraction of sp³-hybridized carbons (Fsp3) is 0.909. The molecule has 0 radical (unpaired) electrons. The van der Waals surface area contributed by atoms with Crippen LogP contribution in [0.15, 0.2) is 0 Å². The van der Waals surface area contributed by atoms with Crippen LogP contribution in [0.2, 0.25) is 0 Å². The smallest absolute Gasteiger partial charge is 0.0666 e. The largest absolute Gasteiger partial charge is 0.305 e. The molecule has 74 valence electrons. The minimum absolute atomic E-state index is 0.173. The summed E-state index contributed by atoms with van der Waals surface area (Å²) in [5.41, 5.74) is 0. The van der Waals surface area contributed by atoms with Gasteiger partial charge in [-0.1, -0.05) is 12.8 Å². The third kappa shape index (κ3) is 3.78. The first-order valence-corrected chi connectivity index (χ1v) is 5.30. The Kier molecular flexibility index (Phi) is 4.24. The van der Waals surface area contributed by atoms with Crippen LogP contribution in [0.5, 0.6) is 0 Å². The van der Waals surface area contributed by atoms with Gasteiger partial charge >= 0.3 is 0 Å². The lowest BCUT2D eigenvalue weighted by atomic mass is 10.1. The molecule has 0 bridgehead atoms. The number of hydrogen-bond acceptors (Lipinski definition) is 2. The Morgan fingerprint density at radius 1 is 1.46 bits per heavy atom. The summed E-state index contributed by atoms with van der Waals surface area (Å²) in [6, 6.07) is 2.28. The first-order chi connectivity index (χ1) is 6.22. The Morgan fingerprint density at radius 3 is 2.62 bits per heavy atom. The van der Waals surface area contributed by atoms with Crippen LogP contribution >= 0.6 is 0 Å².